The zero-order valence-electron chi connectivity index (χ0n) is 12.5. The summed E-state index contributed by atoms with van der Waals surface area (Å²) >= 11 is 0. The Hall–Kier alpha value is -2.04. The van der Waals surface area contributed by atoms with Crippen LogP contribution in [-0.4, -0.2) is 12.6 Å². The highest BCUT2D eigenvalue weighted by molar-refractivity contribution is 5.99. The Morgan fingerprint density at radius 3 is 2.59 bits per heavy atom. The minimum Gasteiger partial charge on any atom is -0.312 e. The molecular formula is C17H20ClN3O. The second kappa shape index (κ2) is 7.29. The van der Waals surface area contributed by atoms with Crippen LogP contribution in [0.4, 0.5) is 16.2 Å². The van der Waals surface area contributed by atoms with Crippen LogP contribution in [-0.2, 0) is 13.0 Å². The number of aryl methyl sites for hydroxylation is 1. The molecule has 0 aliphatic carbocycles. The van der Waals surface area contributed by atoms with Gasteiger partial charge < -0.3 is 16.0 Å². The lowest BCUT2D eigenvalue weighted by atomic mass is 10.0. The first-order chi connectivity index (χ1) is 10.2. The molecule has 3 N–H and O–H groups in total. The van der Waals surface area contributed by atoms with Gasteiger partial charge in [-0.1, -0.05) is 18.2 Å². The largest absolute Gasteiger partial charge is 0.323 e. The molecular weight excluding hydrogens is 298 g/mol. The molecule has 22 heavy (non-hydrogen) atoms. The normalized spacial score (nSPS) is 12.8. The number of fused-ring (bicyclic) bond motifs is 1. The number of urea groups is 1. The van der Waals surface area contributed by atoms with Crippen LogP contribution in [0.15, 0.2) is 42.5 Å². The zero-order chi connectivity index (χ0) is 14.7. The molecule has 0 spiro atoms. The van der Waals surface area contributed by atoms with Crippen molar-refractivity contribution in [1.29, 1.82) is 0 Å². The van der Waals surface area contributed by atoms with Gasteiger partial charge in [0.2, 0.25) is 0 Å². The Morgan fingerprint density at radius 1 is 1.05 bits per heavy atom. The number of halogens is 1. The van der Waals surface area contributed by atoms with Crippen LogP contribution in [0.2, 0.25) is 0 Å². The van der Waals surface area contributed by atoms with Crippen molar-refractivity contribution in [2.75, 3.05) is 17.2 Å². The molecule has 0 fully saturated rings. The average Bonchev–Trinajstić information content (AvgIpc) is 2.47. The van der Waals surface area contributed by atoms with Crippen molar-refractivity contribution in [3.8, 4) is 0 Å². The van der Waals surface area contributed by atoms with Crippen LogP contribution < -0.4 is 16.0 Å². The van der Waals surface area contributed by atoms with Crippen molar-refractivity contribution in [1.82, 2.24) is 5.32 Å². The molecule has 0 atom stereocenters. The first kappa shape index (κ1) is 16.3. The fraction of sp³-hybridized carbons (Fsp3) is 0.235. The van der Waals surface area contributed by atoms with E-state index in [4.69, 9.17) is 0 Å². The van der Waals surface area contributed by atoms with Crippen LogP contribution in [0.1, 0.15) is 16.7 Å². The maximum absolute atomic E-state index is 12.0. The predicted molar refractivity (Wildman–Crippen MR) is 92.9 cm³/mol. The number of benzene rings is 2. The molecule has 0 aromatic heterocycles. The van der Waals surface area contributed by atoms with E-state index in [1.165, 1.54) is 11.1 Å². The number of hydrogen-bond acceptors (Lipinski definition) is 2. The molecule has 2 aromatic rings. The van der Waals surface area contributed by atoms with Crippen molar-refractivity contribution in [3.63, 3.8) is 0 Å². The number of nitrogens with one attached hydrogen (secondary N) is 3. The minimum absolute atomic E-state index is 0. The Balaban J connectivity index is 0.00000176. The van der Waals surface area contributed by atoms with E-state index >= 15 is 0 Å². The van der Waals surface area contributed by atoms with Gasteiger partial charge in [0, 0.05) is 17.9 Å². The first-order valence-corrected chi connectivity index (χ1v) is 7.18. The number of anilines is 2. The molecule has 116 valence electrons. The summed E-state index contributed by atoms with van der Waals surface area (Å²) in [5.74, 6) is 0. The van der Waals surface area contributed by atoms with Gasteiger partial charge in [-0.2, -0.15) is 0 Å². The lowest BCUT2D eigenvalue weighted by molar-refractivity contribution is 0.262. The SMILES string of the molecule is Cc1cccc(NC(=O)Nc2ccc3c(c2)CCNC3)c1.Cl. The van der Waals surface area contributed by atoms with Crippen molar-refractivity contribution in [3.05, 3.63) is 59.2 Å². The lowest BCUT2D eigenvalue weighted by Crippen LogP contribution is -2.24. The van der Waals surface area contributed by atoms with E-state index in [-0.39, 0.29) is 18.4 Å². The summed E-state index contributed by atoms with van der Waals surface area (Å²) in [7, 11) is 0. The number of amides is 2. The van der Waals surface area contributed by atoms with Crippen LogP contribution in [0.3, 0.4) is 0 Å². The van der Waals surface area contributed by atoms with Gasteiger partial charge in [-0.3, -0.25) is 0 Å². The van der Waals surface area contributed by atoms with Crippen molar-refractivity contribution < 1.29 is 4.79 Å². The molecule has 1 aliphatic heterocycles. The first-order valence-electron chi connectivity index (χ1n) is 7.18. The second-order valence-electron chi connectivity index (χ2n) is 5.36. The van der Waals surface area contributed by atoms with Crippen molar-refractivity contribution >= 4 is 29.8 Å². The topological polar surface area (TPSA) is 53.2 Å². The van der Waals surface area contributed by atoms with E-state index in [1.807, 2.05) is 37.3 Å². The Bertz CT molecular complexity index is 673. The van der Waals surface area contributed by atoms with E-state index in [2.05, 4.69) is 28.1 Å². The van der Waals surface area contributed by atoms with Crippen LogP contribution in [0.25, 0.3) is 0 Å². The fourth-order valence-electron chi connectivity index (χ4n) is 2.57. The van der Waals surface area contributed by atoms with Crippen LogP contribution in [0, 0.1) is 6.92 Å². The van der Waals surface area contributed by atoms with E-state index in [0.29, 0.717) is 0 Å². The molecule has 1 aliphatic rings. The molecule has 2 aromatic carbocycles. The standard InChI is InChI=1S/C17H19N3O.ClH/c1-12-3-2-4-15(9-12)19-17(21)20-16-6-5-14-11-18-8-7-13(14)10-16;/h2-6,9-10,18H,7-8,11H2,1H3,(H2,19,20,21);1H. The highest BCUT2D eigenvalue weighted by Gasteiger charge is 2.10. The maximum atomic E-state index is 12.0. The number of rotatable bonds is 2. The molecule has 0 radical (unpaired) electrons. The zero-order valence-corrected chi connectivity index (χ0v) is 13.3. The third-order valence-corrected chi connectivity index (χ3v) is 3.63. The van der Waals surface area contributed by atoms with Crippen LogP contribution in [0.5, 0.6) is 0 Å². The second-order valence-corrected chi connectivity index (χ2v) is 5.36. The maximum Gasteiger partial charge on any atom is 0.323 e. The van der Waals surface area contributed by atoms with Gasteiger partial charge in [0.25, 0.3) is 0 Å². The highest BCUT2D eigenvalue weighted by Crippen LogP contribution is 2.19. The minimum atomic E-state index is -0.213. The summed E-state index contributed by atoms with van der Waals surface area (Å²) < 4.78 is 0. The number of carbonyl (C=O) groups is 1. The molecule has 2 amide bonds. The van der Waals surface area contributed by atoms with Crippen molar-refractivity contribution in [2.24, 2.45) is 0 Å². The van der Waals surface area contributed by atoms with Gasteiger partial charge in [0.05, 0.1) is 0 Å². The lowest BCUT2D eigenvalue weighted by Gasteiger charge is -2.18. The summed E-state index contributed by atoms with van der Waals surface area (Å²) in [6.45, 7) is 3.90. The smallest absolute Gasteiger partial charge is 0.312 e. The molecule has 0 bridgehead atoms. The van der Waals surface area contributed by atoms with Gasteiger partial charge in [-0.05, 0) is 60.8 Å². The molecule has 5 heteroatoms. The summed E-state index contributed by atoms with van der Waals surface area (Å²) in [4.78, 5) is 12.0. The van der Waals surface area contributed by atoms with Gasteiger partial charge in [-0.25, -0.2) is 4.79 Å². The molecule has 1 heterocycles. The van der Waals surface area contributed by atoms with Gasteiger partial charge in [-0.15, -0.1) is 12.4 Å². The van der Waals surface area contributed by atoms with E-state index in [1.54, 1.807) is 0 Å². The van der Waals surface area contributed by atoms with E-state index in [9.17, 15) is 4.79 Å². The third-order valence-electron chi connectivity index (χ3n) is 3.63. The molecule has 4 nitrogen and oxygen atoms in total. The Labute approximate surface area is 136 Å². The molecule has 0 unspecified atom stereocenters. The monoisotopic (exact) mass is 317 g/mol. The van der Waals surface area contributed by atoms with Gasteiger partial charge in [0.15, 0.2) is 0 Å². The van der Waals surface area contributed by atoms with Crippen LogP contribution >= 0.6 is 12.4 Å². The highest BCUT2D eigenvalue weighted by atomic mass is 35.5. The van der Waals surface area contributed by atoms with Gasteiger partial charge in [0.1, 0.15) is 0 Å². The van der Waals surface area contributed by atoms with E-state index < -0.39 is 0 Å². The van der Waals surface area contributed by atoms with Crippen molar-refractivity contribution in [2.45, 2.75) is 19.9 Å². The number of carbonyl (C=O) groups excluding carboxylic acids is 1. The fourth-order valence-corrected chi connectivity index (χ4v) is 2.57. The molecule has 0 saturated carbocycles. The summed E-state index contributed by atoms with van der Waals surface area (Å²) in [5.41, 5.74) is 5.37. The quantitative estimate of drug-likeness (QED) is 0.791. The number of hydrogen-bond donors (Lipinski definition) is 3. The molecule has 3 rings (SSSR count). The summed E-state index contributed by atoms with van der Waals surface area (Å²) in [5, 5.41) is 9.08. The Kier molecular flexibility index (Phi) is 5.41. The predicted octanol–water partition coefficient (Wildman–Crippen LogP) is 3.71. The Morgan fingerprint density at radius 2 is 1.82 bits per heavy atom. The third kappa shape index (κ3) is 4.00. The van der Waals surface area contributed by atoms with E-state index in [0.717, 1.165) is 36.4 Å². The average molecular weight is 318 g/mol. The summed E-state index contributed by atoms with van der Waals surface area (Å²) in [6, 6.07) is 13.6. The van der Waals surface area contributed by atoms with Gasteiger partial charge >= 0.3 is 6.03 Å². The molecule has 0 saturated heterocycles. The summed E-state index contributed by atoms with van der Waals surface area (Å²) in [6.07, 6.45) is 1.00.